The van der Waals surface area contributed by atoms with Gasteiger partial charge in [0.1, 0.15) is 5.76 Å². The Balaban J connectivity index is 0. The molecular weight excluding hydrogens is 388 g/mol. The van der Waals surface area contributed by atoms with E-state index in [1.807, 2.05) is 50.3 Å². The van der Waals surface area contributed by atoms with Gasteiger partial charge in [0.05, 0.1) is 7.11 Å². The third-order valence-electron chi connectivity index (χ3n) is 5.34. The summed E-state index contributed by atoms with van der Waals surface area (Å²) in [6.07, 6.45) is 24.3. The van der Waals surface area contributed by atoms with Crippen LogP contribution in [0.25, 0.3) is 0 Å². The molecule has 0 aromatic rings. The van der Waals surface area contributed by atoms with Crippen LogP contribution in [-0.2, 0) is 4.74 Å². The van der Waals surface area contributed by atoms with Gasteiger partial charge in [-0.15, -0.1) is 0 Å². The lowest BCUT2D eigenvalue weighted by Gasteiger charge is -2.31. The molecule has 1 nitrogen and oxygen atoms in total. The minimum Gasteiger partial charge on any atom is -0.497 e. The first-order valence-electron chi connectivity index (χ1n) is 11.7. The van der Waals surface area contributed by atoms with Crippen molar-refractivity contribution >= 4 is 0 Å². The maximum atomic E-state index is 5.00. The molecule has 0 saturated carbocycles. The van der Waals surface area contributed by atoms with Gasteiger partial charge in [-0.3, -0.25) is 0 Å². The zero-order chi connectivity index (χ0) is 25.2. The van der Waals surface area contributed by atoms with E-state index in [4.69, 9.17) is 4.74 Å². The van der Waals surface area contributed by atoms with Crippen molar-refractivity contribution in [2.24, 2.45) is 10.8 Å². The molecule has 32 heavy (non-hydrogen) atoms. The number of ether oxygens (including phenoxy) is 1. The topological polar surface area (TPSA) is 9.23 Å². The summed E-state index contributed by atoms with van der Waals surface area (Å²) in [5, 5.41) is 0. The van der Waals surface area contributed by atoms with E-state index in [1.165, 1.54) is 16.7 Å². The Hall–Kier alpha value is -2.54. The van der Waals surface area contributed by atoms with Crippen LogP contribution in [0.4, 0.5) is 0 Å². The molecule has 0 N–H and O–H groups in total. The van der Waals surface area contributed by atoms with Crippen molar-refractivity contribution in [3.05, 3.63) is 109 Å². The summed E-state index contributed by atoms with van der Waals surface area (Å²) in [5.74, 6) is 0.844. The molecule has 0 amide bonds. The predicted molar refractivity (Wildman–Crippen MR) is 148 cm³/mol. The smallest absolute Gasteiger partial charge is 0.118 e. The van der Waals surface area contributed by atoms with Gasteiger partial charge in [-0.2, -0.15) is 0 Å². The fraction of sp³-hybridized carbons (Fsp3) is 0.419. The Morgan fingerprint density at radius 3 is 2.03 bits per heavy atom. The van der Waals surface area contributed by atoms with Crippen LogP contribution in [-0.4, -0.2) is 7.11 Å². The van der Waals surface area contributed by atoms with Crippen LogP contribution < -0.4 is 0 Å². The Bertz CT molecular complexity index is 762. The average Bonchev–Trinajstić information content (AvgIpc) is 2.98. The van der Waals surface area contributed by atoms with E-state index in [0.29, 0.717) is 0 Å². The highest BCUT2D eigenvalue weighted by molar-refractivity contribution is 5.52. The van der Waals surface area contributed by atoms with E-state index < -0.39 is 0 Å². The van der Waals surface area contributed by atoms with Crippen molar-refractivity contribution in [2.75, 3.05) is 7.11 Å². The molecule has 1 rings (SSSR count). The number of rotatable bonds is 9. The van der Waals surface area contributed by atoms with Crippen molar-refractivity contribution in [1.82, 2.24) is 0 Å². The average molecular weight is 437 g/mol. The minimum atomic E-state index is 0.0355. The maximum Gasteiger partial charge on any atom is 0.118 e. The van der Waals surface area contributed by atoms with E-state index in [1.54, 1.807) is 13.2 Å². The monoisotopic (exact) mass is 436 g/mol. The van der Waals surface area contributed by atoms with Gasteiger partial charge >= 0.3 is 0 Å². The Labute approximate surface area is 200 Å². The molecule has 0 aromatic carbocycles. The van der Waals surface area contributed by atoms with Gasteiger partial charge in [0, 0.05) is 5.41 Å². The lowest BCUT2D eigenvalue weighted by Crippen LogP contribution is -2.20. The minimum absolute atomic E-state index is 0.0355. The summed E-state index contributed by atoms with van der Waals surface area (Å²) in [5.41, 5.74) is 4.29. The Morgan fingerprint density at radius 2 is 1.62 bits per heavy atom. The summed E-state index contributed by atoms with van der Waals surface area (Å²) in [7, 11) is 1.65. The van der Waals surface area contributed by atoms with Crippen molar-refractivity contribution in [2.45, 2.75) is 68.2 Å². The lowest BCUT2D eigenvalue weighted by molar-refractivity contribution is 0.307. The molecule has 1 aliphatic carbocycles. The molecule has 0 radical (unpaired) electrons. The second kappa shape index (κ2) is 17.1. The molecule has 0 saturated heterocycles. The molecule has 0 spiro atoms. The van der Waals surface area contributed by atoms with Crippen LogP contribution >= 0.6 is 0 Å². The predicted octanol–water partition coefficient (Wildman–Crippen LogP) is 9.86. The highest BCUT2D eigenvalue weighted by atomic mass is 16.5. The second-order valence-electron chi connectivity index (χ2n) is 8.08. The summed E-state index contributed by atoms with van der Waals surface area (Å²) in [6, 6.07) is 0. The van der Waals surface area contributed by atoms with Gasteiger partial charge in [0.25, 0.3) is 0 Å². The molecular formula is C31H48O. The third kappa shape index (κ3) is 9.30. The highest BCUT2D eigenvalue weighted by Gasteiger charge is 2.45. The van der Waals surface area contributed by atoms with Crippen LogP contribution in [0.15, 0.2) is 109 Å². The molecule has 0 aliphatic heterocycles. The van der Waals surface area contributed by atoms with Gasteiger partial charge < -0.3 is 4.74 Å². The first kappa shape index (κ1) is 31.6. The second-order valence-corrected chi connectivity index (χ2v) is 8.08. The Kier molecular flexibility index (Phi) is 16.9. The largest absolute Gasteiger partial charge is 0.497 e. The standard InChI is InChI=1S/C20H28.C9H14O.C2H6/c1-8-12-14-16(10-3)20(7)15-19(5,6)17(11-4)18(20)13-9-2;1-4-6-8-9(10-3)7-5-2;1-2/h8-14H,1,4,15H2,2-3,5-7H3;5-8H,2,4H2,1,3H3;1-2H3/b13-9-,14-12-,16-10+;8-6-,9-7+;. The molecule has 1 atom stereocenters. The SMILES string of the molecule is C=C/C=C(\C=C/CC)OC.C=C/C=C\C(=C/C)C1(C)CC(C)(C)C(C=C)=C1/C=C\C.CC. The van der Waals surface area contributed by atoms with Crippen LogP contribution in [0, 0.1) is 10.8 Å². The van der Waals surface area contributed by atoms with E-state index in [-0.39, 0.29) is 10.8 Å². The summed E-state index contributed by atoms with van der Waals surface area (Å²) in [4.78, 5) is 0. The van der Waals surface area contributed by atoms with Gasteiger partial charge in [0.2, 0.25) is 0 Å². The van der Waals surface area contributed by atoms with Crippen LogP contribution in [0.2, 0.25) is 0 Å². The molecule has 0 aromatic heterocycles. The van der Waals surface area contributed by atoms with Gasteiger partial charge in [-0.1, -0.05) is 116 Å². The maximum absolute atomic E-state index is 5.00. The molecule has 1 unspecified atom stereocenters. The van der Waals surface area contributed by atoms with Crippen LogP contribution in [0.1, 0.15) is 68.2 Å². The van der Waals surface area contributed by atoms with Gasteiger partial charge in [-0.25, -0.2) is 0 Å². The molecule has 178 valence electrons. The number of hydrogen-bond donors (Lipinski definition) is 0. The number of allylic oxidation sites excluding steroid dienone is 14. The quantitative estimate of drug-likeness (QED) is 0.258. The zero-order valence-electron chi connectivity index (χ0n) is 22.3. The molecule has 0 bridgehead atoms. The van der Waals surface area contributed by atoms with Crippen molar-refractivity contribution < 1.29 is 4.74 Å². The van der Waals surface area contributed by atoms with E-state index in [2.05, 4.69) is 85.6 Å². The molecule has 0 fully saturated rings. The summed E-state index contributed by atoms with van der Waals surface area (Å²) < 4.78 is 5.00. The fourth-order valence-electron chi connectivity index (χ4n) is 4.13. The van der Waals surface area contributed by atoms with E-state index in [0.717, 1.165) is 18.6 Å². The van der Waals surface area contributed by atoms with Gasteiger partial charge in [0.15, 0.2) is 0 Å². The summed E-state index contributed by atoms with van der Waals surface area (Å²) >= 11 is 0. The fourth-order valence-corrected chi connectivity index (χ4v) is 4.13. The normalized spacial score (nSPS) is 20.7. The van der Waals surface area contributed by atoms with Crippen LogP contribution in [0.5, 0.6) is 0 Å². The van der Waals surface area contributed by atoms with Crippen molar-refractivity contribution in [3.63, 3.8) is 0 Å². The van der Waals surface area contributed by atoms with E-state index in [9.17, 15) is 0 Å². The first-order valence-corrected chi connectivity index (χ1v) is 11.7. The van der Waals surface area contributed by atoms with Gasteiger partial charge in [-0.05, 0) is 61.0 Å². The molecule has 1 aliphatic rings. The van der Waals surface area contributed by atoms with E-state index >= 15 is 0 Å². The Morgan fingerprint density at radius 1 is 1.00 bits per heavy atom. The lowest BCUT2D eigenvalue weighted by atomic mass is 9.72. The van der Waals surface area contributed by atoms with Crippen molar-refractivity contribution in [3.8, 4) is 0 Å². The van der Waals surface area contributed by atoms with Crippen LogP contribution in [0.3, 0.4) is 0 Å². The van der Waals surface area contributed by atoms with Crippen molar-refractivity contribution in [1.29, 1.82) is 0 Å². The first-order chi connectivity index (χ1) is 15.2. The highest BCUT2D eigenvalue weighted by Crippen LogP contribution is 2.57. The molecule has 0 heterocycles. The number of hydrogen-bond acceptors (Lipinski definition) is 1. The molecule has 1 heteroatoms. The third-order valence-corrected chi connectivity index (χ3v) is 5.34. The number of methoxy groups -OCH3 is 1. The zero-order valence-corrected chi connectivity index (χ0v) is 22.3. The summed E-state index contributed by atoms with van der Waals surface area (Å²) in [6.45, 7) is 28.6.